The summed E-state index contributed by atoms with van der Waals surface area (Å²) in [4.78, 5) is 11.8. The second kappa shape index (κ2) is 6.95. The molecule has 1 aromatic carbocycles. The van der Waals surface area contributed by atoms with E-state index in [1.807, 2.05) is 13.0 Å². The molecular weight excluding hydrogens is 279 g/mol. The molecule has 0 saturated heterocycles. The van der Waals surface area contributed by atoms with Crippen molar-refractivity contribution in [2.75, 3.05) is 18.4 Å². The number of anilines is 1. The van der Waals surface area contributed by atoms with Crippen LogP contribution in [0.3, 0.4) is 0 Å². The lowest BCUT2D eigenvalue weighted by Gasteiger charge is -2.03. The van der Waals surface area contributed by atoms with E-state index in [2.05, 4.69) is 20.8 Å². The molecule has 2 aromatic rings. The molecule has 0 radical (unpaired) electrons. The van der Waals surface area contributed by atoms with Crippen molar-refractivity contribution in [1.29, 1.82) is 0 Å². The van der Waals surface area contributed by atoms with Crippen molar-refractivity contribution in [3.05, 3.63) is 40.7 Å². The van der Waals surface area contributed by atoms with Crippen LogP contribution in [0.25, 0.3) is 0 Å². The van der Waals surface area contributed by atoms with Crippen LogP contribution in [0.1, 0.15) is 22.3 Å². The molecule has 0 aliphatic carbocycles. The molecule has 106 valence electrons. The van der Waals surface area contributed by atoms with E-state index < -0.39 is 0 Å². The van der Waals surface area contributed by atoms with E-state index in [4.69, 9.17) is 0 Å². The van der Waals surface area contributed by atoms with E-state index >= 15 is 0 Å². The van der Waals surface area contributed by atoms with E-state index in [9.17, 15) is 9.18 Å². The van der Waals surface area contributed by atoms with Crippen molar-refractivity contribution in [2.45, 2.75) is 13.3 Å². The predicted molar refractivity (Wildman–Crippen MR) is 76.5 cm³/mol. The summed E-state index contributed by atoms with van der Waals surface area (Å²) in [5, 5.41) is 14.3. The standard InChI is InChI=1S/C13H15FN4OS/c1-2-15-13-18-17-12(20-13)11(19)16-7-6-9-4-3-5-10(14)8-9/h3-5,8H,2,6-7H2,1H3,(H,15,18)(H,16,19). The number of aromatic nitrogens is 2. The minimum absolute atomic E-state index is 0.261. The minimum Gasteiger partial charge on any atom is -0.360 e. The summed E-state index contributed by atoms with van der Waals surface area (Å²) >= 11 is 1.21. The van der Waals surface area contributed by atoms with Gasteiger partial charge in [0.05, 0.1) is 0 Å². The van der Waals surface area contributed by atoms with Crippen LogP contribution >= 0.6 is 11.3 Å². The van der Waals surface area contributed by atoms with E-state index in [1.165, 1.54) is 23.5 Å². The fourth-order valence-corrected chi connectivity index (χ4v) is 2.35. The van der Waals surface area contributed by atoms with Gasteiger partial charge in [-0.1, -0.05) is 23.5 Å². The number of amides is 1. The highest BCUT2D eigenvalue weighted by molar-refractivity contribution is 7.17. The topological polar surface area (TPSA) is 66.9 Å². The molecular formula is C13H15FN4OS. The van der Waals surface area contributed by atoms with Gasteiger partial charge < -0.3 is 10.6 Å². The monoisotopic (exact) mass is 294 g/mol. The first-order chi connectivity index (χ1) is 9.69. The highest BCUT2D eigenvalue weighted by Crippen LogP contribution is 2.14. The van der Waals surface area contributed by atoms with Gasteiger partial charge in [-0.15, -0.1) is 10.2 Å². The summed E-state index contributed by atoms with van der Waals surface area (Å²) in [5.41, 5.74) is 0.843. The average molecular weight is 294 g/mol. The molecule has 0 aliphatic rings. The Morgan fingerprint density at radius 1 is 1.40 bits per heavy atom. The lowest BCUT2D eigenvalue weighted by molar-refractivity contribution is 0.0953. The van der Waals surface area contributed by atoms with Gasteiger partial charge in [-0.05, 0) is 31.0 Å². The van der Waals surface area contributed by atoms with Crippen molar-refractivity contribution >= 4 is 22.4 Å². The molecule has 7 heteroatoms. The second-order valence-corrected chi connectivity index (χ2v) is 5.06. The Labute approximate surface area is 120 Å². The molecule has 2 N–H and O–H groups in total. The van der Waals surface area contributed by atoms with Crippen molar-refractivity contribution in [2.24, 2.45) is 0 Å². The third-order valence-electron chi connectivity index (χ3n) is 2.54. The lowest BCUT2D eigenvalue weighted by Crippen LogP contribution is -2.25. The largest absolute Gasteiger partial charge is 0.360 e. The summed E-state index contributed by atoms with van der Waals surface area (Å²) < 4.78 is 13.0. The van der Waals surface area contributed by atoms with Gasteiger partial charge in [0.2, 0.25) is 10.1 Å². The Morgan fingerprint density at radius 3 is 3.00 bits per heavy atom. The van der Waals surface area contributed by atoms with E-state index in [0.29, 0.717) is 23.1 Å². The van der Waals surface area contributed by atoms with Crippen molar-refractivity contribution in [3.63, 3.8) is 0 Å². The first-order valence-corrected chi connectivity index (χ1v) is 7.10. The second-order valence-electron chi connectivity index (χ2n) is 4.08. The van der Waals surface area contributed by atoms with Crippen LogP contribution in [-0.2, 0) is 6.42 Å². The van der Waals surface area contributed by atoms with Gasteiger partial charge in [0.15, 0.2) is 0 Å². The predicted octanol–water partition coefficient (Wildman–Crippen LogP) is 2.08. The summed E-state index contributed by atoms with van der Waals surface area (Å²) in [7, 11) is 0. The van der Waals surface area contributed by atoms with Gasteiger partial charge in [-0.2, -0.15) is 0 Å². The number of carbonyl (C=O) groups is 1. The molecule has 1 aromatic heterocycles. The van der Waals surface area contributed by atoms with Gasteiger partial charge in [0, 0.05) is 13.1 Å². The molecule has 0 aliphatic heterocycles. The van der Waals surface area contributed by atoms with E-state index in [-0.39, 0.29) is 11.7 Å². The highest BCUT2D eigenvalue weighted by atomic mass is 32.1. The van der Waals surface area contributed by atoms with Gasteiger partial charge in [0.25, 0.3) is 5.91 Å². The Kier molecular flexibility index (Phi) is 5.00. The maximum Gasteiger partial charge on any atom is 0.282 e. The molecule has 0 bridgehead atoms. The number of nitrogens with one attached hydrogen (secondary N) is 2. The average Bonchev–Trinajstić information content (AvgIpc) is 2.88. The Morgan fingerprint density at radius 2 is 2.25 bits per heavy atom. The number of hydrogen-bond acceptors (Lipinski definition) is 5. The molecule has 0 fully saturated rings. The van der Waals surface area contributed by atoms with Gasteiger partial charge in [-0.3, -0.25) is 4.79 Å². The quantitative estimate of drug-likeness (QED) is 0.856. The Hall–Kier alpha value is -2.02. The molecule has 20 heavy (non-hydrogen) atoms. The molecule has 1 amide bonds. The number of hydrogen-bond donors (Lipinski definition) is 2. The van der Waals surface area contributed by atoms with Gasteiger partial charge in [-0.25, -0.2) is 4.39 Å². The third kappa shape index (κ3) is 3.99. The van der Waals surface area contributed by atoms with Crippen molar-refractivity contribution in [3.8, 4) is 0 Å². The zero-order valence-corrected chi connectivity index (χ0v) is 11.8. The molecule has 2 rings (SSSR count). The smallest absolute Gasteiger partial charge is 0.282 e. The summed E-state index contributed by atoms with van der Waals surface area (Å²) in [6.45, 7) is 3.11. The van der Waals surface area contributed by atoms with Crippen LogP contribution in [0.2, 0.25) is 0 Å². The molecule has 5 nitrogen and oxygen atoms in total. The number of nitrogens with zero attached hydrogens (tertiary/aromatic N) is 2. The fourth-order valence-electron chi connectivity index (χ4n) is 1.63. The Balaban J connectivity index is 1.82. The van der Waals surface area contributed by atoms with Crippen molar-refractivity contribution < 1.29 is 9.18 Å². The zero-order valence-electron chi connectivity index (χ0n) is 11.0. The Bertz CT molecular complexity index is 587. The highest BCUT2D eigenvalue weighted by Gasteiger charge is 2.11. The lowest BCUT2D eigenvalue weighted by atomic mass is 10.1. The molecule has 0 unspecified atom stereocenters. The molecule has 1 heterocycles. The maximum absolute atomic E-state index is 13.0. The van der Waals surface area contributed by atoms with Crippen LogP contribution in [0.5, 0.6) is 0 Å². The van der Waals surface area contributed by atoms with Crippen LogP contribution < -0.4 is 10.6 Å². The van der Waals surface area contributed by atoms with Gasteiger partial charge in [0.1, 0.15) is 5.82 Å². The van der Waals surface area contributed by atoms with E-state index in [0.717, 1.165) is 12.1 Å². The fraction of sp³-hybridized carbons (Fsp3) is 0.308. The van der Waals surface area contributed by atoms with Crippen LogP contribution in [0.15, 0.2) is 24.3 Å². The summed E-state index contributed by atoms with van der Waals surface area (Å²) in [6, 6.07) is 6.33. The molecule has 0 saturated carbocycles. The zero-order chi connectivity index (χ0) is 14.4. The first-order valence-electron chi connectivity index (χ1n) is 6.29. The number of benzene rings is 1. The number of rotatable bonds is 6. The maximum atomic E-state index is 13.0. The van der Waals surface area contributed by atoms with Gasteiger partial charge >= 0.3 is 0 Å². The SMILES string of the molecule is CCNc1nnc(C(=O)NCCc2cccc(F)c2)s1. The van der Waals surface area contributed by atoms with Crippen LogP contribution in [-0.4, -0.2) is 29.2 Å². The van der Waals surface area contributed by atoms with Crippen LogP contribution in [0.4, 0.5) is 9.52 Å². The summed E-state index contributed by atoms with van der Waals surface area (Å²) in [6.07, 6.45) is 0.572. The molecule has 0 atom stereocenters. The molecule has 0 spiro atoms. The van der Waals surface area contributed by atoms with Crippen LogP contribution in [0, 0.1) is 5.82 Å². The minimum atomic E-state index is -0.270. The summed E-state index contributed by atoms with van der Waals surface area (Å²) in [5.74, 6) is -0.531. The normalized spacial score (nSPS) is 10.3. The van der Waals surface area contributed by atoms with E-state index in [1.54, 1.807) is 6.07 Å². The number of halogens is 1. The van der Waals surface area contributed by atoms with Crippen molar-refractivity contribution in [1.82, 2.24) is 15.5 Å². The number of carbonyl (C=O) groups excluding carboxylic acids is 1. The first kappa shape index (κ1) is 14.4. The third-order valence-corrected chi connectivity index (χ3v) is 3.42.